The molecule has 0 radical (unpaired) electrons. The lowest BCUT2D eigenvalue weighted by molar-refractivity contribution is -0.274. The normalized spacial score (nSPS) is 21.2. The Bertz CT molecular complexity index is 1480. The van der Waals surface area contributed by atoms with E-state index in [4.69, 9.17) is 4.74 Å². The van der Waals surface area contributed by atoms with Crippen molar-refractivity contribution in [3.05, 3.63) is 66.5 Å². The fraction of sp³-hybridized carbons (Fsp3) is 0.280. The van der Waals surface area contributed by atoms with E-state index in [1.165, 1.54) is 30.1 Å². The third-order valence-electron chi connectivity index (χ3n) is 6.07. The smallest absolute Gasteiger partial charge is 0.406 e. The number of halogens is 3. The summed E-state index contributed by atoms with van der Waals surface area (Å²) in [5.41, 5.74) is 1.56. The topological polar surface area (TPSA) is 144 Å². The van der Waals surface area contributed by atoms with Gasteiger partial charge in [0.25, 0.3) is 5.91 Å². The number of imidazole rings is 1. The Labute approximate surface area is 219 Å². The van der Waals surface area contributed by atoms with Crippen molar-refractivity contribution >= 4 is 22.9 Å². The minimum Gasteiger partial charge on any atom is -0.406 e. The Morgan fingerprint density at radius 2 is 1.87 bits per heavy atom. The van der Waals surface area contributed by atoms with Gasteiger partial charge in [-0.05, 0) is 17.7 Å². The van der Waals surface area contributed by atoms with Crippen LogP contribution in [0.15, 0.2) is 60.9 Å². The first-order valence-corrected chi connectivity index (χ1v) is 11.8. The molecule has 1 aliphatic heterocycles. The maximum absolute atomic E-state index is 12.8. The van der Waals surface area contributed by atoms with Gasteiger partial charge in [0, 0.05) is 19.2 Å². The molecule has 4 N–H and O–H groups in total. The van der Waals surface area contributed by atoms with E-state index in [1.807, 2.05) is 30.3 Å². The summed E-state index contributed by atoms with van der Waals surface area (Å²) in [5, 5.41) is 26.6. The maximum Gasteiger partial charge on any atom is 0.573 e. The highest BCUT2D eigenvalue weighted by Crippen LogP contribution is 2.34. The van der Waals surface area contributed by atoms with Crippen LogP contribution in [0, 0.1) is 0 Å². The number of nitrogens with one attached hydrogen (secondary N) is 2. The number of aromatic nitrogens is 4. The summed E-state index contributed by atoms with van der Waals surface area (Å²) < 4.78 is 49.5. The highest BCUT2D eigenvalue weighted by molar-refractivity contribution is 5.85. The highest BCUT2D eigenvalue weighted by atomic mass is 19.4. The molecule has 1 saturated heterocycles. The Kier molecular flexibility index (Phi) is 7.08. The van der Waals surface area contributed by atoms with Crippen LogP contribution >= 0.6 is 0 Å². The summed E-state index contributed by atoms with van der Waals surface area (Å²) in [7, 11) is 1.37. The zero-order valence-corrected chi connectivity index (χ0v) is 20.3. The van der Waals surface area contributed by atoms with E-state index < -0.39 is 42.6 Å². The van der Waals surface area contributed by atoms with Gasteiger partial charge in [-0.1, -0.05) is 42.5 Å². The number of anilines is 1. The first-order valence-electron chi connectivity index (χ1n) is 11.8. The van der Waals surface area contributed by atoms with Crippen LogP contribution in [0.5, 0.6) is 5.75 Å². The number of benzene rings is 2. The van der Waals surface area contributed by atoms with Crippen LogP contribution in [-0.2, 0) is 16.1 Å². The monoisotopic (exact) mass is 544 g/mol. The third-order valence-corrected chi connectivity index (χ3v) is 6.07. The third kappa shape index (κ3) is 5.48. The van der Waals surface area contributed by atoms with Gasteiger partial charge in [0.15, 0.2) is 35.1 Å². The summed E-state index contributed by atoms with van der Waals surface area (Å²) in [6, 6.07) is 14.6. The van der Waals surface area contributed by atoms with Gasteiger partial charge >= 0.3 is 6.36 Å². The molecule has 0 unspecified atom stereocenters. The molecule has 3 heterocycles. The summed E-state index contributed by atoms with van der Waals surface area (Å²) in [6.07, 6.45) is -9.19. The lowest BCUT2D eigenvalue weighted by Crippen LogP contribution is -2.41. The van der Waals surface area contributed by atoms with Gasteiger partial charge in [-0.25, -0.2) is 15.0 Å². The average Bonchev–Trinajstić information content (AvgIpc) is 3.47. The second-order valence-electron chi connectivity index (χ2n) is 8.68. The van der Waals surface area contributed by atoms with Crippen molar-refractivity contribution in [2.24, 2.45) is 0 Å². The fourth-order valence-electron chi connectivity index (χ4n) is 4.22. The molecule has 2 aromatic carbocycles. The zero-order valence-electron chi connectivity index (χ0n) is 20.3. The zero-order chi connectivity index (χ0) is 27.7. The molecule has 1 fully saturated rings. The van der Waals surface area contributed by atoms with E-state index in [-0.39, 0.29) is 28.4 Å². The van der Waals surface area contributed by atoms with Crippen LogP contribution in [0.1, 0.15) is 11.8 Å². The van der Waals surface area contributed by atoms with Crippen LogP contribution in [0.2, 0.25) is 0 Å². The molecular weight excluding hydrogens is 521 g/mol. The van der Waals surface area contributed by atoms with Gasteiger partial charge in [0.1, 0.15) is 18.0 Å². The summed E-state index contributed by atoms with van der Waals surface area (Å²) in [5.74, 6) is -0.795. The molecule has 1 aliphatic rings. The molecule has 1 amide bonds. The maximum atomic E-state index is 12.8. The molecule has 39 heavy (non-hydrogen) atoms. The predicted octanol–water partition coefficient (Wildman–Crippen LogP) is 2.37. The van der Waals surface area contributed by atoms with Crippen molar-refractivity contribution in [3.63, 3.8) is 0 Å². The number of fused-ring (bicyclic) bond motifs is 1. The molecule has 0 aliphatic carbocycles. The number of ether oxygens (including phenoxy) is 2. The summed E-state index contributed by atoms with van der Waals surface area (Å²) in [6.45, 7) is 0.344. The molecule has 4 aromatic rings. The number of amides is 1. The van der Waals surface area contributed by atoms with Crippen LogP contribution < -0.4 is 15.4 Å². The molecule has 2 aromatic heterocycles. The second kappa shape index (κ2) is 10.5. The number of carbonyl (C=O) groups excluding carboxylic acids is 1. The fourth-order valence-corrected chi connectivity index (χ4v) is 4.22. The number of aliphatic hydroxyl groups excluding tert-OH is 2. The minimum absolute atomic E-state index is 0.0309. The average molecular weight is 544 g/mol. The Morgan fingerprint density at radius 1 is 1.10 bits per heavy atom. The quantitative estimate of drug-likeness (QED) is 0.276. The van der Waals surface area contributed by atoms with E-state index in [1.54, 1.807) is 0 Å². The van der Waals surface area contributed by atoms with Crippen LogP contribution in [-0.4, -0.2) is 67.4 Å². The van der Waals surface area contributed by atoms with Crippen molar-refractivity contribution < 1.29 is 37.7 Å². The van der Waals surface area contributed by atoms with Crippen LogP contribution in [0.4, 0.5) is 19.0 Å². The van der Waals surface area contributed by atoms with Crippen molar-refractivity contribution in [2.75, 3.05) is 12.4 Å². The minimum atomic E-state index is -4.89. The number of likely N-dealkylation sites (N-methyl/N-ethyl adjacent to an activating group) is 1. The molecule has 0 saturated carbocycles. The molecule has 5 rings (SSSR count). The van der Waals surface area contributed by atoms with Gasteiger partial charge in [-0.15, -0.1) is 13.2 Å². The largest absolute Gasteiger partial charge is 0.573 e. The first kappa shape index (κ1) is 26.3. The molecule has 0 spiro atoms. The van der Waals surface area contributed by atoms with Crippen molar-refractivity contribution in [1.82, 2.24) is 24.8 Å². The standard InChI is InChI=1S/C25H23F3N6O5/c1-29-23(37)19-17(35)18(36)24(38-19)34-12-31-16-21(30-11-13-6-3-2-4-7-13)32-20(33-22(16)34)14-8-5-9-15(10-14)39-25(26,27)28/h2-10,12,17-19,24,35-36H,11H2,1H3,(H,29,37)(H,30,32,33)/t17-,18+,19-,24+/m0/s1. The van der Waals surface area contributed by atoms with E-state index >= 15 is 0 Å². The van der Waals surface area contributed by atoms with Crippen LogP contribution in [0.3, 0.4) is 0 Å². The number of carbonyl (C=O) groups is 1. The van der Waals surface area contributed by atoms with Gasteiger partial charge in [0.2, 0.25) is 0 Å². The molecule has 4 atom stereocenters. The Hall–Kier alpha value is -4.27. The van der Waals surface area contributed by atoms with Gasteiger partial charge in [-0.2, -0.15) is 0 Å². The molecule has 11 nitrogen and oxygen atoms in total. The van der Waals surface area contributed by atoms with E-state index in [0.717, 1.165) is 17.7 Å². The molecule has 14 heteroatoms. The van der Waals surface area contributed by atoms with Gasteiger partial charge in [0.05, 0.1) is 6.33 Å². The van der Waals surface area contributed by atoms with Crippen LogP contribution in [0.25, 0.3) is 22.6 Å². The summed E-state index contributed by atoms with van der Waals surface area (Å²) >= 11 is 0. The van der Waals surface area contributed by atoms with Gasteiger partial charge in [-0.3, -0.25) is 9.36 Å². The lowest BCUT2D eigenvalue weighted by atomic mass is 10.1. The number of nitrogens with zero attached hydrogens (tertiary/aromatic N) is 4. The summed E-state index contributed by atoms with van der Waals surface area (Å²) in [4.78, 5) is 25.5. The van der Waals surface area contributed by atoms with E-state index in [2.05, 4.69) is 30.3 Å². The molecule has 204 valence electrons. The second-order valence-corrected chi connectivity index (χ2v) is 8.68. The number of rotatable bonds is 7. The number of hydrogen-bond donors (Lipinski definition) is 4. The van der Waals surface area contributed by atoms with E-state index in [0.29, 0.717) is 6.54 Å². The van der Waals surface area contributed by atoms with Crippen molar-refractivity contribution in [3.8, 4) is 17.1 Å². The lowest BCUT2D eigenvalue weighted by Gasteiger charge is -2.17. The molecular formula is C25H23F3N6O5. The first-order chi connectivity index (χ1) is 18.6. The number of alkyl halides is 3. The van der Waals surface area contributed by atoms with E-state index in [9.17, 15) is 28.2 Å². The number of hydrogen-bond acceptors (Lipinski definition) is 9. The van der Waals surface area contributed by atoms with Gasteiger partial charge < -0.3 is 30.3 Å². The Morgan fingerprint density at radius 3 is 2.59 bits per heavy atom. The van der Waals surface area contributed by atoms with Crippen molar-refractivity contribution in [1.29, 1.82) is 0 Å². The predicted molar refractivity (Wildman–Crippen MR) is 131 cm³/mol. The number of aliphatic hydroxyl groups is 2. The Balaban J connectivity index is 1.58. The van der Waals surface area contributed by atoms with Crippen molar-refractivity contribution in [2.45, 2.75) is 37.4 Å². The highest BCUT2D eigenvalue weighted by Gasteiger charge is 2.47. The SMILES string of the molecule is CNC(=O)[C@H]1O[C@@H](n2cnc3c(NCc4ccccc4)nc(-c4cccc(OC(F)(F)F)c4)nc32)[C@H](O)[C@@H]1O. The molecule has 0 bridgehead atoms.